The lowest BCUT2D eigenvalue weighted by atomic mass is 10.1. The predicted molar refractivity (Wildman–Crippen MR) is 95.3 cm³/mol. The highest BCUT2D eigenvalue weighted by Crippen LogP contribution is 2.39. The predicted octanol–water partition coefficient (Wildman–Crippen LogP) is 2.27. The zero-order valence-corrected chi connectivity index (χ0v) is 15.4. The summed E-state index contributed by atoms with van der Waals surface area (Å²) in [5.41, 5.74) is 5.54. The molecule has 1 unspecified atom stereocenters. The van der Waals surface area contributed by atoms with Crippen molar-refractivity contribution in [1.29, 1.82) is 0 Å². The van der Waals surface area contributed by atoms with E-state index in [0.29, 0.717) is 49.1 Å². The Morgan fingerprint density at radius 2 is 1.56 bits per heavy atom. The van der Waals surface area contributed by atoms with Gasteiger partial charge in [0.15, 0.2) is 11.5 Å². The number of nitrogens with one attached hydrogen (secondary N) is 1. The van der Waals surface area contributed by atoms with E-state index in [2.05, 4.69) is 5.32 Å². The second kappa shape index (κ2) is 10.4. The standard InChI is InChI=1S/C18H28N2O5/c1-5-23-14-10-13(11-15(24-6-2)17(14)25-7-3)18(22)20-12(4)8-9-16(19)21/h10-12H,5-9H2,1-4H3,(H2,19,21)(H,20,22). The quantitative estimate of drug-likeness (QED) is 0.636. The van der Waals surface area contributed by atoms with E-state index in [9.17, 15) is 9.59 Å². The molecule has 1 aromatic rings. The Morgan fingerprint density at radius 3 is 2.00 bits per heavy atom. The van der Waals surface area contributed by atoms with Crippen LogP contribution in [0, 0.1) is 0 Å². The number of benzene rings is 1. The van der Waals surface area contributed by atoms with Gasteiger partial charge in [-0.1, -0.05) is 0 Å². The van der Waals surface area contributed by atoms with Gasteiger partial charge in [-0.3, -0.25) is 9.59 Å². The lowest BCUT2D eigenvalue weighted by Crippen LogP contribution is -2.33. The van der Waals surface area contributed by atoms with Crippen LogP contribution in [-0.2, 0) is 4.79 Å². The largest absolute Gasteiger partial charge is 0.490 e. The molecule has 0 saturated heterocycles. The van der Waals surface area contributed by atoms with Gasteiger partial charge in [0.05, 0.1) is 19.8 Å². The minimum atomic E-state index is -0.389. The summed E-state index contributed by atoms with van der Waals surface area (Å²) in [6.45, 7) is 8.73. The van der Waals surface area contributed by atoms with Gasteiger partial charge < -0.3 is 25.3 Å². The zero-order chi connectivity index (χ0) is 18.8. The third-order valence-electron chi connectivity index (χ3n) is 3.37. The third kappa shape index (κ3) is 6.52. The fraction of sp³-hybridized carbons (Fsp3) is 0.556. The molecule has 0 aromatic heterocycles. The molecule has 0 spiro atoms. The van der Waals surface area contributed by atoms with Crippen molar-refractivity contribution in [3.63, 3.8) is 0 Å². The molecular formula is C18H28N2O5. The molecule has 0 radical (unpaired) electrons. The van der Waals surface area contributed by atoms with E-state index >= 15 is 0 Å². The highest BCUT2D eigenvalue weighted by atomic mass is 16.5. The van der Waals surface area contributed by atoms with Crippen molar-refractivity contribution in [2.75, 3.05) is 19.8 Å². The summed E-state index contributed by atoms with van der Waals surface area (Å²) in [5.74, 6) is 0.751. The Bertz CT molecular complexity index is 562. The van der Waals surface area contributed by atoms with Crippen LogP contribution in [0.3, 0.4) is 0 Å². The molecule has 1 rings (SSSR count). The summed E-state index contributed by atoms with van der Waals surface area (Å²) in [6, 6.07) is 3.08. The van der Waals surface area contributed by atoms with Crippen molar-refractivity contribution >= 4 is 11.8 Å². The van der Waals surface area contributed by atoms with Crippen LogP contribution in [-0.4, -0.2) is 37.7 Å². The second-order valence-electron chi connectivity index (χ2n) is 5.48. The maximum Gasteiger partial charge on any atom is 0.251 e. The Kier molecular flexibility index (Phi) is 8.60. The lowest BCUT2D eigenvalue weighted by Gasteiger charge is -2.18. The lowest BCUT2D eigenvalue weighted by molar-refractivity contribution is -0.118. The van der Waals surface area contributed by atoms with Crippen molar-refractivity contribution in [2.24, 2.45) is 5.73 Å². The Morgan fingerprint density at radius 1 is 1.04 bits per heavy atom. The van der Waals surface area contributed by atoms with Gasteiger partial charge in [-0.25, -0.2) is 0 Å². The van der Waals surface area contributed by atoms with Crippen LogP contribution in [0.5, 0.6) is 17.2 Å². The number of amides is 2. The average molecular weight is 352 g/mol. The number of rotatable bonds is 11. The molecule has 0 aliphatic rings. The number of ether oxygens (including phenoxy) is 3. The van der Waals surface area contributed by atoms with E-state index in [1.165, 1.54) is 0 Å². The smallest absolute Gasteiger partial charge is 0.251 e. The molecule has 0 fully saturated rings. The minimum absolute atomic E-state index is 0.183. The summed E-state index contributed by atoms with van der Waals surface area (Å²) in [6.07, 6.45) is 0.702. The van der Waals surface area contributed by atoms with Crippen molar-refractivity contribution in [3.8, 4) is 17.2 Å². The maximum absolute atomic E-state index is 12.5. The molecule has 1 aromatic carbocycles. The van der Waals surface area contributed by atoms with E-state index in [1.54, 1.807) is 12.1 Å². The summed E-state index contributed by atoms with van der Waals surface area (Å²) >= 11 is 0. The molecule has 2 amide bonds. The van der Waals surface area contributed by atoms with Crippen molar-refractivity contribution < 1.29 is 23.8 Å². The third-order valence-corrected chi connectivity index (χ3v) is 3.37. The molecule has 0 aliphatic carbocycles. The van der Waals surface area contributed by atoms with Crippen molar-refractivity contribution in [1.82, 2.24) is 5.32 Å². The average Bonchev–Trinajstić information content (AvgIpc) is 2.56. The molecule has 140 valence electrons. The summed E-state index contributed by atoms with van der Waals surface area (Å²) in [5, 5.41) is 2.84. The van der Waals surface area contributed by atoms with Crippen LogP contribution in [0.1, 0.15) is 50.9 Å². The Labute approximate surface area is 148 Å². The molecule has 25 heavy (non-hydrogen) atoms. The zero-order valence-electron chi connectivity index (χ0n) is 15.4. The first-order valence-corrected chi connectivity index (χ1v) is 8.58. The van der Waals surface area contributed by atoms with Gasteiger partial charge >= 0.3 is 0 Å². The number of carbonyl (C=O) groups excluding carboxylic acids is 2. The van der Waals surface area contributed by atoms with Crippen LogP contribution in [0.25, 0.3) is 0 Å². The van der Waals surface area contributed by atoms with Gasteiger partial charge in [0.1, 0.15) is 0 Å². The number of primary amides is 1. The first-order valence-electron chi connectivity index (χ1n) is 8.58. The normalized spacial score (nSPS) is 11.5. The molecule has 0 heterocycles. The topological polar surface area (TPSA) is 99.9 Å². The van der Waals surface area contributed by atoms with Crippen LogP contribution in [0.2, 0.25) is 0 Å². The minimum Gasteiger partial charge on any atom is -0.490 e. The fourth-order valence-corrected chi connectivity index (χ4v) is 2.26. The number of carbonyl (C=O) groups is 2. The van der Waals surface area contributed by atoms with Crippen LogP contribution in [0.15, 0.2) is 12.1 Å². The van der Waals surface area contributed by atoms with Gasteiger partial charge in [-0.15, -0.1) is 0 Å². The Hall–Kier alpha value is -2.44. The molecule has 7 heteroatoms. The summed E-state index contributed by atoms with van der Waals surface area (Å²) in [4.78, 5) is 23.4. The highest BCUT2D eigenvalue weighted by Gasteiger charge is 2.19. The molecule has 0 aliphatic heterocycles. The number of hydrogen-bond donors (Lipinski definition) is 2. The number of nitrogens with two attached hydrogens (primary N) is 1. The molecule has 7 nitrogen and oxygen atoms in total. The number of hydrogen-bond acceptors (Lipinski definition) is 5. The van der Waals surface area contributed by atoms with Gasteiger partial charge in [0, 0.05) is 18.0 Å². The monoisotopic (exact) mass is 352 g/mol. The van der Waals surface area contributed by atoms with E-state index < -0.39 is 0 Å². The van der Waals surface area contributed by atoms with Crippen molar-refractivity contribution in [3.05, 3.63) is 17.7 Å². The second-order valence-corrected chi connectivity index (χ2v) is 5.48. The molecular weight excluding hydrogens is 324 g/mol. The molecule has 0 saturated carbocycles. The maximum atomic E-state index is 12.5. The fourth-order valence-electron chi connectivity index (χ4n) is 2.26. The first-order chi connectivity index (χ1) is 11.9. The van der Waals surface area contributed by atoms with Gasteiger partial charge in [-0.05, 0) is 46.2 Å². The van der Waals surface area contributed by atoms with E-state index in [-0.39, 0.29) is 24.3 Å². The van der Waals surface area contributed by atoms with Gasteiger partial charge in [-0.2, -0.15) is 0 Å². The summed E-state index contributed by atoms with van der Waals surface area (Å²) in [7, 11) is 0. The van der Waals surface area contributed by atoms with Gasteiger partial charge in [0.2, 0.25) is 11.7 Å². The summed E-state index contributed by atoms with van der Waals surface area (Å²) < 4.78 is 16.8. The SMILES string of the molecule is CCOc1cc(C(=O)NC(C)CCC(N)=O)cc(OCC)c1OCC. The first kappa shape index (κ1) is 20.6. The molecule has 3 N–H and O–H groups in total. The Balaban J connectivity index is 3.04. The highest BCUT2D eigenvalue weighted by molar-refractivity contribution is 5.95. The van der Waals surface area contributed by atoms with Crippen LogP contribution < -0.4 is 25.3 Å². The van der Waals surface area contributed by atoms with Crippen LogP contribution in [0.4, 0.5) is 0 Å². The van der Waals surface area contributed by atoms with Gasteiger partial charge in [0.25, 0.3) is 5.91 Å². The molecule has 1 atom stereocenters. The van der Waals surface area contributed by atoms with E-state index in [0.717, 1.165) is 0 Å². The van der Waals surface area contributed by atoms with Crippen LogP contribution >= 0.6 is 0 Å². The molecule has 0 bridgehead atoms. The van der Waals surface area contributed by atoms with E-state index in [4.69, 9.17) is 19.9 Å². The van der Waals surface area contributed by atoms with Crippen molar-refractivity contribution in [2.45, 2.75) is 46.6 Å². The van der Waals surface area contributed by atoms with E-state index in [1.807, 2.05) is 27.7 Å².